The third-order valence-corrected chi connectivity index (χ3v) is 10.9. The number of hydrogen-bond acceptors (Lipinski definition) is 2. The Morgan fingerprint density at radius 2 is 1.08 bits per heavy atom. The minimum absolute atomic E-state index is 0.142. The number of benzene rings is 8. The lowest BCUT2D eigenvalue weighted by Crippen LogP contribution is -2.17. The zero-order chi connectivity index (χ0) is 34.1. The standard InChI is InChI=1S/C49H35NO/c1-49(2)43-20-12-11-19-40(43)41-27-26-37(31-44(41)49)50(36-24-21-33(22-25-36)32-13-5-3-6-14-32)47-39(34-15-7-4-8-16-34)28-29-42-46-38-18-10-9-17-35(38)23-30-45(46)51-48(42)47/h3-31H,1-2H3. The van der Waals surface area contributed by atoms with Crippen molar-refractivity contribution in [2.24, 2.45) is 0 Å². The van der Waals surface area contributed by atoms with Crippen molar-refractivity contribution >= 4 is 49.8 Å². The van der Waals surface area contributed by atoms with E-state index in [1.807, 2.05) is 0 Å². The van der Waals surface area contributed by atoms with E-state index in [1.165, 1.54) is 44.2 Å². The Morgan fingerprint density at radius 1 is 0.451 bits per heavy atom. The van der Waals surface area contributed by atoms with E-state index < -0.39 is 0 Å². The molecule has 1 heterocycles. The molecule has 0 radical (unpaired) electrons. The Balaban J connectivity index is 1.28. The van der Waals surface area contributed by atoms with Crippen LogP contribution in [0.3, 0.4) is 0 Å². The summed E-state index contributed by atoms with van der Waals surface area (Å²) in [4.78, 5) is 2.42. The number of furan rings is 1. The van der Waals surface area contributed by atoms with Crippen molar-refractivity contribution in [1.82, 2.24) is 0 Å². The first-order valence-electron chi connectivity index (χ1n) is 17.7. The first-order chi connectivity index (χ1) is 25.1. The van der Waals surface area contributed by atoms with Crippen LogP contribution >= 0.6 is 0 Å². The average Bonchev–Trinajstić information content (AvgIpc) is 3.68. The summed E-state index contributed by atoms with van der Waals surface area (Å²) in [6.45, 7) is 4.70. The van der Waals surface area contributed by atoms with Gasteiger partial charge in [0.2, 0.25) is 0 Å². The second-order valence-corrected chi connectivity index (χ2v) is 14.1. The maximum absolute atomic E-state index is 7.01. The quantitative estimate of drug-likeness (QED) is 0.184. The fraction of sp³-hybridized carbons (Fsp3) is 0.0612. The predicted molar refractivity (Wildman–Crippen MR) is 214 cm³/mol. The van der Waals surface area contributed by atoms with Crippen molar-refractivity contribution in [2.75, 3.05) is 4.90 Å². The van der Waals surface area contributed by atoms with Crippen molar-refractivity contribution in [1.29, 1.82) is 0 Å². The third-order valence-electron chi connectivity index (χ3n) is 10.9. The summed E-state index contributed by atoms with van der Waals surface area (Å²) in [6, 6.07) is 63.5. The molecule has 0 fully saturated rings. The van der Waals surface area contributed by atoms with Gasteiger partial charge < -0.3 is 9.32 Å². The first-order valence-corrected chi connectivity index (χ1v) is 17.7. The lowest BCUT2D eigenvalue weighted by Gasteiger charge is -2.30. The van der Waals surface area contributed by atoms with Gasteiger partial charge in [-0.3, -0.25) is 0 Å². The van der Waals surface area contributed by atoms with Gasteiger partial charge in [0.1, 0.15) is 5.58 Å². The summed E-state index contributed by atoms with van der Waals surface area (Å²) >= 11 is 0. The van der Waals surface area contributed by atoms with Gasteiger partial charge in [-0.1, -0.05) is 153 Å². The molecule has 1 aromatic heterocycles. The molecule has 2 nitrogen and oxygen atoms in total. The molecule has 0 unspecified atom stereocenters. The summed E-state index contributed by atoms with van der Waals surface area (Å²) in [5.41, 5.74) is 14.8. The molecule has 0 saturated carbocycles. The molecule has 2 heteroatoms. The molecular formula is C49H35NO. The van der Waals surface area contributed by atoms with Crippen molar-refractivity contribution in [3.8, 4) is 33.4 Å². The maximum atomic E-state index is 7.01. The molecule has 9 aromatic rings. The van der Waals surface area contributed by atoms with E-state index in [0.717, 1.165) is 50.1 Å². The molecule has 0 aliphatic heterocycles. The number of rotatable bonds is 5. The molecule has 242 valence electrons. The van der Waals surface area contributed by atoms with Gasteiger partial charge in [0, 0.05) is 33.1 Å². The second kappa shape index (κ2) is 11.3. The van der Waals surface area contributed by atoms with Crippen LogP contribution < -0.4 is 4.90 Å². The molecule has 8 aromatic carbocycles. The summed E-state index contributed by atoms with van der Waals surface area (Å²) in [7, 11) is 0. The minimum Gasteiger partial charge on any atom is -0.454 e. The van der Waals surface area contributed by atoms with Crippen molar-refractivity contribution in [3.63, 3.8) is 0 Å². The number of anilines is 3. The Hall–Kier alpha value is -6.38. The second-order valence-electron chi connectivity index (χ2n) is 14.1. The average molecular weight is 654 g/mol. The molecule has 10 rings (SSSR count). The van der Waals surface area contributed by atoms with E-state index in [4.69, 9.17) is 4.42 Å². The topological polar surface area (TPSA) is 16.4 Å². The van der Waals surface area contributed by atoms with E-state index in [2.05, 4.69) is 195 Å². The Kier molecular flexibility index (Phi) is 6.56. The number of fused-ring (bicyclic) bond motifs is 8. The van der Waals surface area contributed by atoms with Crippen LogP contribution in [0.25, 0.3) is 66.1 Å². The lowest BCUT2D eigenvalue weighted by atomic mass is 9.82. The van der Waals surface area contributed by atoms with Crippen LogP contribution in [0.2, 0.25) is 0 Å². The minimum atomic E-state index is -0.142. The van der Waals surface area contributed by atoms with Crippen LogP contribution in [0.4, 0.5) is 17.1 Å². The molecule has 0 amide bonds. The highest BCUT2D eigenvalue weighted by molar-refractivity contribution is 6.22. The van der Waals surface area contributed by atoms with Crippen LogP contribution in [0.5, 0.6) is 0 Å². The molecule has 0 bridgehead atoms. The molecule has 0 N–H and O–H groups in total. The van der Waals surface area contributed by atoms with E-state index in [0.29, 0.717) is 0 Å². The molecule has 0 saturated heterocycles. The Labute approximate surface area is 297 Å². The molecule has 0 atom stereocenters. The van der Waals surface area contributed by atoms with Crippen LogP contribution in [0.15, 0.2) is 180 Å². The van der Waals surface area contributed by atoms with E-state index >= 15 is 0 Å². The molecular weight excluding hydrogens is 619 g/mol. The van der Waals surface area contributed by atoms with E-state index in [-0.39, 0.29) is 5.41 Å². The van der Waals surface area contributed by atoms with Crippen LogP contribution in [0, 0.1) is 0 Å². The van der Waals surface area contributed by atoms with Crippen LogP contribution in [0.1, 0.15) is 25.0 Å². The van der Waals surface area contributed by atoms with Crippen molar-refractivity contribution < 1.29 is 4.42 Å². The SMILES string of the molecule is CC1(C)c2ccccc2-c2ccc(N(c3ccc(-c4ccccc4)cc3)c3c(-c4ccccc4)ccc4c3oc3ccc5ccccc5c34)cc21. The molecule has 1 aliphatic carbocycles. The van der Waals surface area contributed by atoms with E-state index in [1.54, 1.807) is 0 Å². The van der Waals surface area contributed by atoms with Gasteiger partial charge in [-0.25, -0.2) is 0 Å². The number of nitrogens with zero attached hydrogens (tertiary/aromatic N) is 1. The van der Waals surface area contributed by atoms with Gasteiger partial charge in [0.25, 0.3) is 0 Å². The van der Waals surface area contributed by atoms with Gasteiger partial charge in [0.15, 0.2) is 5.58 Å². The normalized spacial score (nSPS) is 13.1. The van der Waals surface area contributed by atoms with Gasteiger partial charge in [-0.15, -0.1) is 0 Å². The zero-order valence-corrected chi connectivity index (χ0v) is 28.6. The fourth-order valence-corrected chi connectivity index (χ4v) is 8.34. The highest BCUT2D eigenvalue weighted by Crippen LogP contribution is 2.53. The Bertz CT molecular complexity index is 2760. The van der Waals surface area contributed by atoms with Gasteiger partial charge >= 0.3 is 0 Å². The molecule has 0 spiro atoms. The monoisotopic (exact) mass is 653 g/mol. The highest BCUT2D eigenvalue weighted by Gasteiger charge is 2.36. The molecule has 1 aliphatic rings. The van der Waals surface area contributed by atoms with Crippen LogP contribution in [-0.2, 0) is 5.41 Å². The third kappa shape index (κ3) is 4.57. The summed E-state index contributed by atoms with van der Waals surface area (Å²) in [6.07, 6.45) is 0. The van der Waals surface area contributed by atoms with Gasteiger partial charge in [0.05, 0.1) is 5.69 Å². The predicted octanol–water partition coefficient (Wildman–Crippen LogP) is 13.8. The Morgan fingerprint density at radius 3 is 1.88 bits per heavy atom. The van der Waals surface area contributed by atoms with Crippen molar-refractivity contribution in [2.45, 2.75) is 19.3 Å². The highest BCUT2D eigenvalue weighted by atomic mass is 16.3. The largest absolute Gasteiger partial charge is 0.454 e. The van der Waals surface area contributed by atoms with E-state index in [9.17, 15) is 0 Å². The lowest BCUT2D eigenvalue weighted by molar-refractivity contribution is 0.660. The van der Waals surface area contributed by atoms with Crippen molar-refractivity contribution in [3.05, 3.63) is 187 Å². The fourth-order valence-electron chi connectivity index (χ4n) is 8.34. The van der Waals surface area contributed by atoms with Crippen LogP contribution in [-0.4, -0.2) is 0 Å². The smallest absolute Gasteiger partial charge is 0.160 e. The first kappa shape index (κ1) is 29.5. The summed E-state index contributed by atoms with van der Waals surface area (Å²) in [5.74, 6) is 0. The van der Waals surface area contributed by atoms with Gasteiger partial charge in [-0.2, -0.15) is 0 Å². The number of hydrogen-bond donors (Lipinski definition) is 0. The summed E-state index contributed by atoms with van der Waals surface area (Å²) < 4.78 is 7.01. The molecule has 51 heavy (non-hydrogen) atoms. The zero-order valence-electron chi connectivity index (χ0n) is 28.6. The van der Waals surface area contributed by atoms with Gasteiger partial charge in [-0.05, 0) is 86.1 Å². The summed E-state index contributed by atoms with van der Waals surface area (Å²) in [5, 5.41) is 4.66. The maximum Gasteiger partial charge on any atom is 0.160 e.